The van der Waals surface area contributed by atoms with Crippen molar-refractivity contribution in [1.29, 1.82) is 0 Å². The van der Waals surface area contributed by atoms with Gasteiger partial charge in [-0.2, -0.15) is 5.12 Å². The molecule has 0 atom stereocenters. The average Bonchev–Trinajstić information content (AvgIpc) is 2.37. The van der Waals surface area contributed by atoms with E-state index in [4.69, 9.17) is 0 Å². The van der Waals surface area contributed by atoms with E-state index < -0.39 is 0 Å². The Hall–Kier alpha value is -0.600. The lowest BCUT2D eigenvalue weighted by Gasteiger charge is -2.11. The van der Waals surface area contributed by atoms with Crippen LogP contribution >= 0.6 is 0 Å². The monoisotopic (exact) mass is 131 g/mol. The molecule has 1 aliphatic carbocycles. The molecule has 0 unspecified atom stereocenters. The zero-order valence-corrected chi connectivity index (χ0v) is 5.22. The quantitative estimate of drug-likeness (QED) is 0.408. The fourth-order valence-corrected chi connectivity index (χ4v) is 1.24. The number of rotatable bonds is 2. The first kappa shape index (κ1) is 6.52. The molecule has 1 fully saturated rings. The second kappa shape index (κ2) is 2.80. The zero-order chi connectivity index (χ0) is 6.69. The van der Waals surface area contributed by atoms with Crippen LogP contribution in [0.15, 0.2) is 0 Å². The van der Waals surface area contributed by atoms with Crippen molar-refractivity contribution >= 4 is 6.41 Å². The molecule has 0 aromatic carbocycles. The van der Waals surface area contributed by atoms with Gasteiger partial charge in [0, 0.05) is 0 Å². The van der Waals surface area contributed by atoms with Gasteiger partial charge in [0.1, 0.15) is 0 Å². The molecule has 1 aliphatic rings. The number of hydrogen-bond donors (Lipinski definition) is 0. The molecule has 0 aromatic rings. The largest absolute Gasteiger partial charge is 0.276 e. The van der Waals surface area contributed by atoms with E-state index >= 15 is 0 Å². The Morgan fingerprint density at radius 3 is 2.44 bits per heavy atom. The van der Waals surface area contributed by atoms with Gasteiger partial charge in [-0.15, -0.1) is 0 Å². The predicted molar refractivity (Wildman–Crippen MR) is 31.3 cm³/mol. The SMILES string of the molecule is O=CN(F)C1CCCC1. The summed E-state index contributed by atoms with van der Waals surface area (Å²) in [6.07, 6.45) is 4.03. The smallest absolute Gasteiger partial charge is 0.237 e. The summed E-state index contributed by atoms with van der Waals surface area (Å²) in [7, 11) is 0. The van der Waals surface area contributed by atoms with Gasteiger partial charge in [-0.05, 0) is 12.8 Å². The second-order valence-electron chi connectivity index (χ2n) is 2.39. The van der Waals surface area contributed by atoms with Crippen molar-refractivity contribution in [3.8, 4) is 0 Å². The van der Waals surface area contributed by atoms with Crippen LogP contribution in [0.25, 0.3) is 0 Å². The molecule has 0 N–H and O–H groups in total. The van der Waals surface area contributed by atoms with E-state index in [1.807, 2.05) is 0 Å². The maximum atomic E-state index is 12.3. The maximum absolute atomic E-state index is 12.3. The molecular weight excluding hydrogens is 121 g/mol. The van der Waals surface area contributed by atoms with Crippen molar-refractivity contribution in [3.63, 3.8) is 0 Å². The minimum absolute atomic E-state index is 0.123. The highest BCUT2D eigenvalue weighted by Crippen LogP contribution is 2.22. The Labute approximate surface area is 53.6 Å². The Morgan fingerprint density at radius 1 is 1.44 bits per heavy atom. The van der Waals surface area contributed by atoms with E-state index in [1.165, 1.54) is 0 Å². The van der Waals surface area contributed by atoms with Crippen LogP contribution in [0.1, 0.15) is 25.7 Å². The number of hydrogen-bond acceptors (Lipinski definition) is 1. The standard InChI is InChI=1S/C6H10FNO/c7-8(5-9)6-3-1-2-4-6/h5-6H,1-4H2. The van der Waals surface area contributed by atoms with E-state index in [9.17, 15) is 9.28 Å². The van der Waals surface area contributed by atoms with E-state index in [0.29, 0.717) is 0 Å². The van der Waals surface area contributed by atoms with E-state index in [0.717, 1.165) is 25.7 Å². The van der Waals surface area contributed by atoms with Crippen LogP contribution in [0.5, 0.6) is 0 Å². The molecule has 0 spiro atoms. The minimum Gasteiger partial charge on any atom is -0.276 e. The summed E-state index contributed by atoms with van der Waals surface area (Å²) in [6, 6.07) is -0.123. The molecule has 9 heavy (non-hydrogen) atoms. The predicted octanol–water partition coefficient (Wildman–Crippen LogP) is 1.27. The van der Waals surface area contributed by atoms with Gasteiger partial charge >= 0.3 is 0 Å². The van der Waals surface area contributed by atoms with Gasteiger partial charge in [0.25, 0.3) is 0 Å². The summed E-state index contributed by atoms with van der Waals surface area (Å²) >= 11 is 0. The van der Waals surface area contributed by atoms with Crippen molar-refractivity contribution < 1.29 is 9.28 Å². The molecule has 52 valence electrons. The average molecular weight is 131 g/mol. The Kier molecular flexibility index (Phi) is 2.03. The number of carbonyl (C=O) groups is 1. The molecule has 0 aliphatic heterocycles. The highest BCUT2D eigenvalue weighted by Gasteiger charge is 2.20. The molecule has 2 nitrogen and oxygen atoms in total. The van der Waals surface area contributed by atoms with Gasteiger partial charge in [-0.3, -0.25) is 4.79 Å². The third-order valence-electron chi connectivity index (χ3n) is 1.77. The van der Waals surface area contributed by atoms with Crippen molar-refractivity contribution in [2.24, 2.45) is 0 Å². The lowest BCUT2D eigenvalue weighted by Crippen LogP contribution is -2.23. The third-order valence-corrected chi connectivity index (χ3v) is 1.77. The summed E-state index contributed by atoms with van der Waals surface area (Å²) in [5.41, 5.74) is 0. The molecular formula is C6H10FNO. The Bertz CT molecular complexity index is 101. The van der Waals surface area contributed by atoms with Crippen LogP contribution in [-0.4, -0.2) is 17.6 Å². The molecule has 0 aromatic heterocycles. The Balaban J connectivity index is 2.32. The molecule has 3 heteroatoms. The van der Waals surface area contributed by atoms with Crippen LogP contribution < -0.4 is 0 Å². The second-order valence-corrected chi connectivity index (χ2v) is 2.39. The van der Waals surface area contributed by atoms with Crippen LogP contribution in [0.4, 0.5) is 4.48 Å². The summed E-state index contributed by atoms with van der Waals surface area (Å²) in [5, 5.41) is 0.285. The molecule has 0 radical (unpaired) electrons. The highest BCUT2D eigenvalue weighted by molar-refractivity contribution is 5.45. The summed E-state index contributed by atoms with van der Waals surface area (Å²) in [5.74, 6) is 0. The van der Waals surface area contributed by atoms with Gasteiger partial charge < -0.3 is 0 Å². The van der Waals surface area contributed by atoms with Crippen molar-refractivity contribution in [1.82, 2.24) is 5.12 Å². The molecule has 0 bridgehead atoms. The molecule has 1 saturated carbocycles. The zero-order valence-electron chi connectivity index (χ0n) is 5.22. The first-order valence-corrected chi connectivity index (χ1v) is 3.24. The number of amides is 1. The van der Waals surface area contributed by atoms with Crippen molar-refractivity contribution in [2.45, 2.75) is 31.7 Å². The lowest BCUT2D eigenvalue weighted by molar-refractivity contribution is -0.136. The van der Waals surface area contributed by atoms with Gasteiger partial charge in [-0.25, -0.2) is 0 Å². The van der Waals surface area contributed by atoms with E-state index in [-0.39, 0.29) is 17.6 Å². The van der Waals surface area contributed by atoms with Crippen LogP contribution in [-0.2, 0) is 4.79 Å². The highest BCUT2D eigenvalue weighted by atomic mass is 19.2. The van der Waals surface area contributed by atoms with Crippen molar-refractivity contribution in [2.75, 3.05) is 0 Å². The lowest BCUT2D eigenvalue weighted by atomic mass is 10.3. The maximum Gasteiger partial charge on any atom is 0.237 e. The topological polar surface area (TPSA) is 20.3 Å². The summed E-state index contributed by atoms with van der Waals surface area (Å²) in [4.78, 5) is 9.84. The molecule has 0 heterocycles. The number of halogens is 1. The molecule has 1 rings (SSSR count). The van der Waals surface area contributed by atoms with E-state index in [2.05, 4.69) is 0 Å². The first-order valence-electron chi connectivity index (χ1n) is 3.24. The van der Waals surface area contributed by atoms with Crippen LogP contribution in [0, 0.1) is 0 Å². The molecule has 1 amide bonds. The number of nitrogens with zero attached hydrogens (tertiary/aromatic N) is 1. The van der Waals surface area contributed by atoms with Gasteiger partial charge in [0.2, 0.25) is 6.41 Å². The summed E-state index contributed by atoms with van der Waals surface area (Å²) < 4.78 is 12.3. The normalized spacial score (nSPS) is 20.1. The minimum atomic E-state index is -0.123. The fraction of sp³-hybridized carbons (Fsp3) is 0.833. The van der Waals surface area contributed by atoms with Crippen molar-refractivity contribution in [3.05, 3.63) is 0 Å². The van der Waals surface area contributed by atoms with Gasteiger partial charge in [-0.1, -0.05) is 17.3 Å². The fourth-order valence-electron chi connectivity index (χ4n) is 1.24. The van der Waals surface area contributed by atoms with Gasteiger partial charge in [0.15, 0.2) is 0 Å². The molecule has 0 saturated heterocycles. The third kappa shape index (κ3) is 1.40. The Morgan fingerprint density at radius 2 is 2.00 bits per heavy atom. The first-order chi connectivity index (χ1) is 4.34. The van der Waals surface area contributed by atoms with Crippen LogP contribution in [0.3, 0.4) is 0 Å². The summed E-state index contributed by atoms with van der Waals surface area (Å²) in [6.45, 7) is 0. The number of carbonyl (C=O) groups excluding carboxylic acids is 1. The van der Waals surface area contributed by atoms with Crippen LogP contribution in [0.2, 0.25) is 0 Å². The van der Waals surface area contributed by atoms with Gasteiger partial charge in [0.05, 0.1) is 6.04 Å². The van der Waals surface area contributed by atoms with E-state index in [1.54, 1.807) is 0 Å².